The molecule has 0 aromatic heterocycles. The minimum absolute atomic E-state index is 0.769. The molecule has 0 radical (unpaired) electrons. The maximum absolute atomic E-state index is 5.79. The average molecular weight is 219 g/mol. The molecular weight excluding hydrogens is 198 g/mol. The number of hydrogen-bond acceptors (Lipinski definition) is 3. The van der Waals surface area contributed by atoms with Gasteiger partial charge in [-0.25, -0.2) is 0 Å². The van der Waals surface area contributed by atoms with Gasteiger partial charge in [0.1, 0.15) is 0 Å². The Kier molecular flexibility index (Phi) is 3.34. The summed E-state index contributed by atoms with van der Waals surface area (Å²) in [4.78, 5) is 2.39. The molecule has 1 unspecified atom stereocenters. The molecule has 3 N–H and O–H groups in total. The summed E-state index contributed by atoms with van der Waals surface area (Å²) in [5.41, 5.74) is 9.06. The molecule has 1 aromatic rings. The first-order chi connectivity index (χ1) is 7.65. The van der Waals surface area contributed by atoms with Crippen molar-refractivity contribution in [3.63, 3.8) is 0 Å². The Balaban J connectivity index is 1.91. The van der Waals surface area contributed by atoms with Crippen LogP contribution in [-0.4, -0.2) is 31.6 Å². The smallest absolute Gasteiger partial charge is 0.0390 e. The number of hydrogen-bond donors (Lipinski definition) is 2. The molecule has 2 rings (SSSR count). The van der Waals surface area contributed by atoms with Crippen molar-refractivity contribution in [2.45, 2.75) is 13.3 Å². The highest BCUT2D eigenvalue weighted by Gasteiger charge is 2.18. The lowest BCUT2D eigenvalue weighted by molar-refractivity contribution is 0.399. The second-order valence-electron chi connectivity index (χ2n) is 4.87. The highest BCUT2D eigenvalue weighted by molar-refractivity contribution is 5.59. The van der Waals surface area contributed by atoms with Gasteiger partial charge in [0.15, 0.2) is 0 Å². The van der Waals surface area contributed by atoms with E-state index in [9.17, 15) is 0 Å². The van der Waals surface area contributed by atoms with Crippen LogP contribution in [0.1, 0.15) is 12.0 Å². The molecule has 1 aliphatic rings. The van der Waals surface area contributed by atoms with Crippen molar-refractivity contribution in [2.24, 2.45) is 5.92 Å². The van der Waals surface area contributed by atoms with Gasteiger partial charge in [-0.1, -0.05) is 6.07 Å². The van der Waals surface area contributed by atoms with Crippen molar-refractivity contribution in [1.29, 1.82) is 0 Å². The van der Waals surface area contributed by atoms with Crippen LogP contribution >= 0.6 is 0 Å². The van der Waals surface area contributed by atoms with Crippen molar-refractivity contribution >= 4 is 11.4 Å². The van der Waals surface area contributed by atoms with E-state index in [1.165, 1.54) is 30.8 Å². The molecule has 1 saturated heterocycles. The van der Waals surface area contributed by atoms with Crippen molar-refractivity contribution in [1.82, 2.24) is 4.90 Å². The fourth-order valence-corrected chi connectivity index (χ4v) is 2.28. The van der Waals surface area contributed by atoms with Gasteiger partial charge in [0.05, 0.1) is 0 Å². The number of rotatable bonds is 3. The minimum atomic E-state index is 0.769. The molecule has 88 valence electrons. The van der Waals surface area contributed by atoms with Crippen LogP contribution in [0.4, 0.5) is 11.4 Å². The van der Waals surface area contributed by atoms with Gasteiger partial charge in [-0.15, -0.1) is 0 Å². The molecule has 0 bridgehead atoms. The first-order valence-corrected chi connectivity index (χ1v) is 5.93. The predicted molar refractivity (Wildman–Crippen MR) is 69.7 cm³/mol. The van der Waals surface area contributed by atoms with Gasteiger partial charge in [0, 0.05) is 24.5 Å². The Labute approximate surface area is 97.6 Å². The standard InChI is InChI=1S/C13H21N3/c1-10-3-4-12(14)7-13(10)15-8-11-5-6-16(2)9-11/h3-4,7,11,15H,5-6,8-9,14H2,1-2H3. The van der Waals surface area contributed by atoms with E-state index in [0.29, 0.717) is 0 Å². The predicted octanol–water partition coefficient (Wildman–Crippen LogP) is 1.94. The Morgan fingerprint density at radius 3 is 3.00 bits per heavy atom. The van der Waals surface area contributed by atoms with Crippen molar-refractivity contribution in [3.05, 3.63) is 23.8 Å². The van der Waals surface area contributed by atoms with E-state index in [1.807, 2.05) is 12.1 Å². The molecule has 0 saturated carbocycles. The van der Waals surface area contributed by atoms with Crippen LogP contribution in [0.5, 0.6) is 0 Å². The first kappa shape index (κ1) is 11.3. The molecule has 0 amide bonds. The largest absolute Gasteiger partial charge is 0.399 e. The maximum atomic E-state index is 5.79. The van der Waals surface area contributed by atoms with Crippen molar-refractivity contribution in [3.8, 4) is 0 Å². The molecule has 1 fully saturated rings. The lowest BCUT2D eigenvalue weighted by Crippen LogP contribution is -2.19. The third-order valence-electron chi connectivity index (χ3n) is 3.33. The number of anilines is 2. The van der Waals surface area contributed by atoms with E-state index in [1.54, 1.807) is 0 Å². The third kappa shape index (κ3) is 2.67. The van der Waals surface area contributed by atoms with Crippen LogP contribution < -0.4 is 11.1 Å². The summed E-state index contributed by atoms with van der Waals surface area (Å²) in [5, 5.41) is 3.51. The molecule has 1 atom stereocenters. The molecule has 1 aliphatic heterocycles. The van der Waals surface area contributed by atoms with Gasteiger partial charge >= 0.3 is 0 Å². The highest BCUT2D eigenvalue weighted by Crippen LogP contribution is 2.20. The number of likely N-dealkylation sites (tertiary alicyclic amines) is 1. The number of nitrogens with zero attached hydrogens (tertiary/aromatic N) is 1. The number of nitrogens with one attached hydrogen (secondary N) is 1. The fourth-order valence-electron chi connectivity index (χ4n) is 2.28. The molecule has 3 nitrogen and oxygen atoms in total. The molecule has 0 spiro atoms. The maximum Gasteiger partial charge on any atom is 0.0390 e. The van der Waals surface area contributed by atoms with Crippen molar-refractivity contribution in [2.75, 3.05) is 37.7 Å². The third-order valence-corrected chi connectivity index (χ3v) is 3.33. The summed E-state index contributed by atoms with van der Waals surface area (Å²) >= 11 is 0. The molecule has 0 aliphatic carbocycles. The van der Waals surface area contributed by atoms with Gasteiger partial charge in [0.25, 0.3) is 0 Å². The Hall–Kier alpha value is -1.22. The summed E-state index contributed by atoms with van der Waals surface area (Å²) < 4.78 is 0. The SMILES string of the molecule is Cc1ccc(N)cc1NCC1CCN(C)C1. The van der Waals surface area contributed by atoms with Gasteiger partial charge in [-0.3, -0.25) is 0 Å². The highest BCUT2D eigenvalue weighted by atomic mass is 15.1. The van der Waals surface area contributed by atoms with E-state index in [2.05, 4.69) is 30.3 Å². The van der Waals surface area contributed by atoms with Crippen LogP contribution in [-0.2, 0) is 0 Å². The van der Waals surface area contributed by atoms with Crippen molar-refractivity contribution < 1.29 is 0 Å². The molecule has 3 heteroatoms. The monoisotopic (exact) mass is 219 g/mol. The first-order valence-electron chi connectivity index (χ1n) is 5.93. The van der Waals surface area contributed by atoms with E-state index in [4.69, 9.17) is 5.73 Å². The zero-order valence-electron chi connectivity index (χ0n) is 10.2. The molecule has 1 heterocycles. The van der Waals surface area contributed by atoms with Gasteiger partial charge in [0.2, 0.25) is 0 Å². The second kappa shape index (κ2) is 4.74. The van der Waals surface area contributed by atoms with Crippen LogP contribution in [0.3, 0.4) is 0 Å². The number of aryl methyl sites for hydroxylation is 1. The number of benzene rings is 1. The van der Waals surface area contributed by atoms with Crippen LogP contribution in [0.15, 0.2) is 18.2 Å². The van der Waals surface area contributed by atoms with E-state index >= 15 is 0 Å². The zero-order valence-corrected chi connectivity index (χ0v) is 10.2. The average Bonchev–Trinajstić information content (AvgIpc) is 2.66. The van der Waals surface area contributed by atoms with E-state index in [0.717, 1.165) is 18.2 Å². The molecular formula is C13H21N3. The Bertz CT molecular complexity index is 362. The normalized spacial score (nSPS) is 21.2. The fraction of sp³-hybridized carbons (Fsp3) is 0.538. The van der Waals surface area contributed by atoms with E-state index < -0.39 is 0 Å². The molecule has 1 aromatic carbocycles. The van der Waals surface area contributed by atoms with Gasteiger partial charge in [-0.05, 0) is 50.6 Å². The lowest BCUT2D eigenvalue weighted by atomic mass is 10.1. The number of nitrogens with two attached hydrogens (primary N) is 1. The van der Waals surface area contributed by atoms with Crippen LogP contribution in [0.2, 0.25) is 0 Å². The second-order valence-corrected chi connectivity index (χ2v) is 4.87. The summed E-state index contributed by atoms with van der Waals surface area (Å²) in [5.74, 6) is 0.769. The Morgan fingerprint density at radius 1 is 1.50 bits per heavy atom. The summed E-state index contributed by atoms with van der Waals surface area (Å²) in [7, 11) is 2.19. The summed E-state index contributed by atoms with van der Waals surface area (Å²) in [6.45, 7) is 5.59. The quantitative estimate of drug-likeness (QED) is 0.763. The summed E-state index contributed by atoms with van der Waals surface area (Å²) in [6.07, 6.45) is 1.30. The molecule has 16 heavy (non-hydrogen) atoms. The zero-order chi connectivity index (χ0) is 11.5. The van der Waals surface area contributed by atoms with Gasteiger partial charge < -0.3 is 16.0 Å². The topological polar surface area (TPSA) is 41.3 Å². The summed E-state index contributed by atoms with van der Waals surface area (Å²) in [6, 6.07) is 6.04. The minimum Gasteiger partial charge on any atom is -0.399 e. The number of nitrogen functional groups attached to an aromatic ring is 1. The van der Waals surface area contributed by atoms with Gasteiger partial charge in [-0.2, -0.15) is 0 Å². The van der Waals surface area contributed by atoms with E-state index in [-0.39, 0.29) is 0 Å². The van der Waals surface area contributed by atoms with Crippen LogP contribution in [0, 0.1) is 12.8 Å². The Morgan fingerprint density at radius 2 is 2.31 bits per heavy atom. The van der Waals surface area contributed by atoms with Crippen LogP contribution in [0.25, 0.3) is 0 Å². The lowest BCUT2D eigenvalue weighted by Gasteiger charge is -2.14.